The van der Waals surface area contributed by atoms with Gasteiger partial charge < -0.3 is 10.0 Å². The molecule has 1 N–H and O–H groups in total. The summed E-state index contributed by atoms with van der Waals surface area (Å²) in [6, 6.07) is 12.7. The van der Waals surface area contributed by atoms with Crippen molar-refractivity contribution < 1.29 is 18.3 Å². The van der Waals surface area contributed by atoms with Gasteiger partial charge in [-0.25, -0.2) is 8.42 Å². The van der Waals surface area contributed by atoms with E-state index in [9.17, 15) is 18.3 Å². The van der Waals surface area contributed by atoms with Crippen LogP contribution in [0.25, 0.3) is 0 Å². The average Bonchev–Trinajstić information content (AvgIpc) is 2.64. The molecule has 1 saturated heterocycles. The smallest absolute Gasteiger partial charge is 0.243 e. The van der Waals surface area contributed by atoms with Crippen LogP contribution in [0.1, 0.15) is 5.56 Å². The molecule has 0 saturated carbocycles. The first-order chi connectivity index (χ1) is 12.4. The lowest BCUT2D eigenvalue weighted by molar-refractivity contribution is -0.131. The summed E-state index contributed by atoms with van der Waals surface area (Å²) in [6.45, 7) is 1.18. The van der Waals surface area contributed by atoms with Crippen LogP contribution in [-0.4, -0.2) is 54.8 Å². The number of carbonyl (C=O) groups excluding carboxylic acids is 1. The van der Waals surface area contributed by atoms with Gasteiger partial charge in [0.1, 0.15) is 5.75 Å². The summed E-state index contributed by atoms with van der Waals surface area (Å²) in [4.78, 5) is 14.2. The van der Waals surface area contributed by atoms with E-state index in [1.165, 1.54) is 28.6 Å². The van der Waals surface area contributed by atoms with Crippen molar-refractivity contribution in [3.63, 3.8) is 0 Å². The van der Waals surface area contributed by atoms with E-state index in [0.29, 0.717) is 18.1 Å². The molecule has 138 valence electrons. The number of piperazine rings is 1. The molecule has 3 rings (SSSR count). The Kier molecular flexibility index (Phi) is 5.50. The summed E-state index contributed by atoms with van der Waals surface area (Å²) < 4.78 is 26.7. The van der Waals surface area contributed by atoms with Crippen molar-refractivity contribution in [2.45, 2.75) is 11.3 Å². The van der Waals surface area contributed by atoms with Crippen molar-refractivity contribution in [2.24, 2.45) is 0 Å². The van der Waals surface area contributed by atoms with Crippen LogP contribution in [0.2, 0.25) is 5.02 Å². The molecule has 2 aromatic rings. The zero-order valence-electron chi connectivity index (χ0n) is 14.0. The highest BCUT2D eigenvalue weighted by molar-refractivity contribution is 7.89. The van der Waals surface area contributed by atoms with E-state index in [2.05, 4.69) is 0 Å². The molecule has 0 radical (unpaired) electrons. The summed E-state index contributed by atoms with van der Waals surface area (Å²) in [5.74, 6) is 0.0940. The molecule has 2 aromatic carbocycles. The summed E-state index contributed by atoms with van der Waals surface area (Å²) in [6.07, 6.45) is 0.224. The fourth-order valence-corrected chi connectivity index (χ4v) is 4.58. The first kappa shape index (κ1) is 18.7. The maximum absolute atomic E-state index is 12.7. The molecule has 1 aliphatic heterocycles. The Balaban J connectivity index is 1.61. The minimum absolute atomic E-state index is 0.0597. The van der Waals surface area contributed by atoms with Gasteiger partial charge in [0, 0.05) is 31.2 Å². The second-order valence-corrected chi connectivity index (χ2v) is 8.46. The Morgan fingerprint density at radius 2 is 1.69 bits per heavy atom. The molecule has 0 aliphatic carbocycles. The monoisotopic (exact) mass is 394 g/mol. The van der Waals surface area contributed by atoms with Crippen molar-refractivity contribution in [1.82, 2.24) is 9.21 Å². The highest BCUT2D eigenvalue weighted by Crippen LogP contribution is 2.21. The van der Waals surface area contributed by atoms with Crippen LogP contribution < -0.4 is 0 Å². The lowest BCUT2D eigenvalue weighted by atomic mass is 10.1. The number of carbonyl (C=O) groups is 1. The van der Waals surface area contributed by atoms with Crippen molar-refractivity contribution in [3.05, 3.63) is 59.1 Å². The number of phenols is 1. The van der Waals surface area contributed by atoms with Crippen LogP contribution in [0.5, 0.6) is 5.75 Å². The number of rotatable bonds is 4. The minimum Gasteiger partial charge on any atom is -0.508 e. The van der Waals surface area contributed by atoms with E-state index in [0.717, 1.165) is 5.56 Å². The van der Waals surface area contributed by atoms with Crippen LogP contribution in [0.4, 0.5) is 0 Å². The number of nitrogens with zero attached hydrogens (tertiary/aromatic N) is 2. The Hall–Kier alpha value is -2.09. The number of hydrogen-bond donors (Lipinski definition) is 1. The first-order valence-electron chi connectivity index (χ1n) is 8.18. The molecule has 0 unspecified atom stereocenters. The predicted octanol–water partition coefficient (Wildman–Crippen LogP) is 2.12. The second kappa shape index (κ2) is 7.65. The van der Waals surface area contributed by atoms with Gasteiger partial charge in [-0.15, -0.1) is 0 Å². The molecular formula is C18H19ClN2O4S. The van der Waals surface area contributed by atoms with E-state index < -0.39 is 10.0 Å². The van der Waals surface area contributed by atoms with E-state index in [1.54, 1.807) is 29.2 Å². The SMILES string of the molecule is O=C(Cc1ccc(O)cc1)N1CCN(S(=O)(=O)c2cccc(Cl)c2)CC1. The number of halogens is 1. The van der Waals surface area contributed by atoms with Gasteiger partial charge in [-0.1, -0.05) is 29.8 Å². The highest BCUT2D eigenvalue weighted by atomic mass is 35.5. The zero-order valence-corrected chi connectivity index (χ0v) is 15.6. The number of amides is 1. The van der Waals surface area contributed by atoms with E-state index in [-0.39, 0.29) is 36.1 Å². The maximum atomic E-state index is 12.7. The molecule has 0 aromatic heterocycles. The largest absolute Gasteiger partial charge is 0.508 e. The molecule has 1 aliphatic rings. The fourth-order valence-electron chi connectivity index (χ4n) is 2.85. The molecule has 8 heteroatoms. The van der Waals surface area contributed by atoms with Crippen molar-refractivity contribution in [1.29, 1.82) is 0 Å². The Morgan fingerprint density at radius 1 is 1.04 bits per heavy atom. The molecule has 0 atom stereocenters. The number of phenolic OH excluding ortho intramolecular Hbond substituents is 1. The lowest BCUT2D eigenvalue weighted by Gasteiger charge is -2.34. The summed E-state index contributed by atoms with van der Waals surface area (Å²) in [7, 11) is -3.61. The minimum atomic E-state index is -3.61. The Bertz CT molecular complexity index is 892. The number of sulfonamides is 1. The van der Waals surface area contributed by atoms with Gasteiger partial charge in [-0.05, 0) is 35.9 Å². The zero-order chi connectivity index (χ0) is 18.7. The van der Waals surface area contributed by atoms with Gasteiger partial charge in [0.25, 0.3) is 0 Å². The van der Waals surface area contributed by atoms with Gasteiger partial charge in [-0.3, -0.25) is 4.79 Å². The van der Waals surface area contributed by atoms with Crippen LogP contribution in [-0.2, 0) is 21.2 Å². The van der Waals surface area contributed by atoms with Gasteiger partial charge >= 0.3 is 0 Å². The molecule has 1 fully saturated rings. The van der Waals surface area contributed by atoms with Crippen LogP contribution in [0.15, 0.2) is 53.4 Å². The summed E-state index contributed by atoms with van der Waals surface area (Å²) in [5.41, 5.74) is 0.807. The van der Waals surface area contributed by atoms with Crippen LogP contribution >= 0.6 is 11.6 Å². The number of benzene rings is 2. The van der Waals surface area contributed by atoms with Gasteiger partial charge in [0.2, 0.25) is 15.9 Å². The second-order valence-electron chi connectivity index (χ2n) is 6.09. The molecule has 1 amide bonds. The molecule has 26 heavy (non-hydrogen) atoms. The standard InChI is InChI=1S/C18H19ClN2O4S/c19-15-2-1-3-17(13-15)26(24,25)21-10-8-20(9-11-21)18(23)12-14-4-6-16(22)7-5-14/h1-7,13,22H,8-12H2. The molecule has 0 bridgehead atoms. The molecule has 6 nitrogen and oxygen atoms in total. The fraction of sp³-hybridized carbons (Fsp3) is 0.278. The van der Waals surface area contributed by atoms with Crippen molar-refractivity contribution >= 4 is 27.5 Å². The lowest BCUT2D eigenvalue weighted by Crippen LogP contribution is -2.50. The normalized spacial score (nSPS) is 15.8. The van der Waals surface area contributed by atoms with Crippen LogP contribution in [0.3, 0.4) is 0 Å². The molecule has 0 spiro atoms. The molecule has 1 heterocycles. The van der Waals surface area contributed by atoms with E-state index >= 15 is 0 Å². The van der Waals surface area contributed by atoms with Gasteiger partial charge in [0.15, 0.2) is 0 Å². The summed E-state index contributed by atoms with van der Waals surface area (Å²) in [5, 5.41) is 9.66. The topological polar surface area (TPSA) is 77.9 Å². The maximum Gasteiger partial charge on any atom is 0.243 e. The third kappa shape index (κ3) is 4.17. The predicted molar refractivity (Wildman–Crippen MR) is 98.6 cm³/mol. The average molecular weight is 395 g/mol. The number of hydrogen-bond acceptors (Lipinski definition) is 4. The van der Waals surface area contributed by atoms with Crippen molar-refractivity contribution in [2.75, 3.05) is 26.2 Å². The molecular weight excluding hydrogens is 376 g/mol. The van der Waals surface area contributed by atoms with Crippen LogP contribution in [0, 0.1) is 0 Å². The summed E-state index contributed by atoms with van der Waals surface area (Å²) >= 11 is 5.89. The third-order valence-electron chi connectivity index (χ3n) is 4.32. The van der Waals surface area contributed by atoms with Crippen molar-refractivity contribution in [3.8, 4) is 5.75 Å². The highest BCUT2D eigenvalue weighted by Gasteiger charge is 2.30. The Labute approximate surface area is 157 Å². The van der Waals surface area contributed by atoms with Gasteiger partial charge in [-0.2, -0.15) is 4.31 Å². The van der Waals surface area contributed by atoms with E-state index in [1.807, 2.05) is 0 Å². The quantitative estimate of drug-likeness (QED) is 0.861. The van der Waals surface area contributed by atoms with Gasteiger partial charge in [0.05, 0.1) is 11.3 Å². The Morgan fingerprint density at radius 3 is 2.31 bits per heavy atom. The van der Waals surface area contributed by atoms with E-state index in [4.69, 9.17) is 11.6 Å². The third-order valence-corrected chi connectivity index (χ3v) is 6.45. The first-order valence-corrected chi connectivity index (χ1v) is 9.99. The number of aromatic hydroxyl groups is 1.